The Hall–Kier alpha value is -2.30. The van der Waals surface area contributed by atoms with Crippen molar-refractivity contribution in [1.29, 1.82) is 0 Å². The van der Waals surface area contributed by atoms with E-state index in [4.69, 9.17) is 4.52 Å². The number of phenolic OH excluding ortho intramolecular Hbond substituents is 1. The standard InChI is InChI=1S/C15H18N2O3/c1-8-7-12(18)5-6-13(8)15(19)16-9(2)14-10(3)17-20-11(14)4/h5-7,9,18H,1-4H3,(H,16,19). The van der Waals surface area contributed by atoms with Crippen molar-refractivity contribution in [2.45, 2.75) is 33.7 Å². The summed E-state index contributed by atoms with van der Waals surface area (Å²) in [5, 5.41) is 16.2. The molecule has 1 aromatic carbocycles. The van der Waals surface area contributed by atoms with Crippen LogP contribution >= 0.6 is 0 Å². The minimum atomic E-state index is -0.193. The zero-order chi connectivity index (χ0) is 14.9. The summed E-state index contributed by atoms with van der Waals surface area (Å²) in [6, 6.07) is 4.49. The van der Waals surface area contributed by atoms with Crippen molar-refractivity contribution in [2.24, 2.45) is 0 Å². The minimum Gasteiger partial charge on any atom is -0.508 e. The third kappa shape index (κ3) is 2.66. The van der Waals surface area contributed by atoms with E-state index in [1.165, 1.54) is 6.07 Å². The van der Waals surface area contributed by atoms with Gasteiger partial charge in [-0.25, -0.2) is 0 Å². The molecular weight excluding hydrogens is 256 g/mol. The SMILES string of the molecule is Cc1cc(O)ccc1C(=O)NC(C)c1c(C)noc1C. The molecule has 1 atom stereocenters. The zero-order valence-electron chi connectivity index (χ0n) is 12.0. The molecule has 2 aromatic rings. The third-order valence-corrected chi connectivity index (χ3v) is 3.32. The van der Waals surface area contributed by atoms with Crippen LogP contribution in [0.2, 0.25) is 0 Å². The van der Waals surface area contributed by atoms with Crippen LogP contribution in [-0.4, -0.2) is 16.2 Å². The van der Waals surface area contributed by atoms with Gasteiger partial charge in [0.05, 0.1) is 11.7 Å². The van der Waals surface area contributed by atoms with Crippen LogP contribution in [-0.2, 0) is 0 Å². The van der Waals surface area contributed by atoms with Crippen LogP contribution in [0.3, 0.4) is 0 Å². The first kappa shape index (κ1) is 14.1. The monoisotopic (exact) mass is 274 g/mol. The molecule has 5 nitrogen and oxygen atoms in total. The highest BCUT2D eigenvalue weighted by Crippen LogP contribution is 2.22. The lowest BCUT2D eigenvalue weighted by Crippen LogP contribution is -2.27. The van der Waals surface area contributed by atoms with Gasteiger partial charge in [0.15, 0.2) is 0 Å². The van der Waals surface area contributed by atoms with Crippen molar-refractivity contribution in [3.63, 3.8) is 0 Å². The van der Waals surface area contributed by atoms with Crippen molar-refractivity contribution in [3.05, 3.63) is 46.3 Å². The summed E-state index contributed by atoms with van der Waals surface area (Å²) in [4.78, 5) is 12.3. The van der Waals surface area contributed by atoms with Gasteiger partial charge in [-0.2, -0.15) is 0 Å². The second-order valence-electron chi connectivity index (χ2n) is 4.93. The molecule has 0 saturated carbocycles. The average Bonchev–Trinajstić information content (AvgIpc) is 2.68. The van der Waals surface area contributed by atoms with Gasteiger partial charge < -0.3 is 14.9 Å². The molecule has 5 heteroatoms. The molecule has 0 fully saturated rings. The number of nitrogens with zero attached hydrogens (tertiary/aromatic N) is 1. The highest BCUT2D eigenvalue weighted by atomic mass is 16.5. The molecule has 20 heavy (non-hydrogen) atoms. The maximum atomic E-state index is 12.3. The second kappa shape index (κ2) is 5.36. The fraction of sp³-hybridized carbons (Fsp3) is 0.333. The van der Waals surface area contributed by atoms with Crippen LogP contribution in [0.5, 0.6) is 5.75 Å². The summed E-state index contributed by atoms with van der Waals surface area (Å²) in [6.07, 6.45) is 0. The highest BCUT2D eigenvalue weighted by molar-refractivity contribution is 5.96. The number of benzene rings is 1. The normalized spacial score (nSPS) is 12.2. The first-order chi connectivity index (χ1) is 9.40. The van der Waals surface area contributed by atoms with Gasteiger partial charge in [-0.15, -0.1) is 0 Å². The number of aryl methyl sites for hydroxylation is 3. The first-order valence-electron chi connectivity index (χ1n) is 6.43. The molecule has 106 valence electrons. The zero-order valence-corrected chi connectivity index (χ0v) is 12.0. The summed E-state index contributed by atoms with van der Waals surface area (Å²) in [5.41, 5.74) is 2.95. The number of amides is 1. The molecule has 0 aliphatic heterocycles. The smallest absolute Gasteiger partial charge is 0.252 e. The van der Waals surface area contributed by atoms with E-state index in [1.54, 1.807) is 19.1 Å². The van der Waals surface area contributed by atoms with E-state index in [0.29, 0.717) is 11.3 Å². The molecule has 0 spiro atoms. The van der Waals surface area contributed by atoms with E-state index < -0.39 is 0 Å². The fourth-order valence-electron chi connectivity index (χ4n) is 2.36. The molecule has 2 rings (SSSR count). The predicted molar refractivity (Wildman–Crippen MR) is 74.7 cm³/mol. The Labute approximate surface area is 117 Å². The van der Waals surface area contributed by atoms with Gasteiger partial charge in [0.2, 0.25) is 0 Å². The fourth-order valence-corrected chi connectivity index (χ4v) is 2.36. The lowest BCUT2D eigenvalue weighted by Gasteiger charge is -2.15. The highest BCUT2D eigenvalue weighted by Gasteiger charge is 2.19. The quantitative estimate of drug-likeness (QED) is 0.902. The predicted octanol–water partition coefficient (Wildman–Crippen LogP) is 2.80. The van der Waals surface area contributed by atoms with E-state index in [-0.39, 0.29) is 17.7 Å². The van der Waals surface area contributed by atoms with Crippen molar-refractivity contribution in [3.8, 4) is 5.75 Å². The molecule has 0 radical (unpaired) electrons. The van der Waals surface area contributed by atoms with E-state index in [2.05, 4.69) is 10.5 Å². The van der Waals surface area contributed by atoms with Gasteiger partial charge in [0.1, 0.15) is 11.5 Å². The summed E-state index contributed by atoms with van der Waals surface area (Å²) < 4.78 is 5.11. The van der Waals surface area contributed by atoms with E-state index in [9.17, 15) is 9.90 Å². The number of aromatic nitrogens is 1. The summed E-state index contributed by atoms with van der Waals surface area (Å²) >= 11 is 0. The summed E-state index contributed by atoms with van der Waals surface area (Å²) in [6.45, 7) is 7.35. The molecule has 0 aliphatic rings. The van der Waals surface area contributed by atoms with Gasteiger partial charge in [0, 0.05) is 11.1 Å². The largest absolute Gasteiger partial charge is 0.508 e. The Morgan fingerprint density at radius 2 is 2.05 bits per heavy atom. The molecule has 1 unspecified atom stereocenters. The van der Waals surface area contributed by atoms with E-state index >= 15 is 0 Å². The molecule has 0 bridgehead atoms. The van der Waals surface area contributed by atoms with Crippen molar-refractivity contribution < 1.29 is 14.4 Å². The van der Waals surface area contributed by atoms with Crippen molar-refractivity contribution in [2.75, 3.05) is 0 Å². The molecular formula is C15H18N2O3. The van der Waals surface area contributed by atoms with Crippen molar-refractivity contribution >= 4 is 5.91 Å². The van der Waals surface area contributed by atoms with Crippen LogP contribution in [0, 0.1) is 20.8 Å². The summed E-state index contributed by atoms with van der Waals surface area (Å²) in [7, 11) is 0. The topological polar surface area (TPSA) is 75.4 Å². The van der Waals surface area contributed by atoms with Crippen molar-refractivity contribution in [1.82, 2.24) is 10.5 Å². The lowest BCUT2D eigenvalue weighted by atomic mass is 10.0. The Balaban J connectivity index is 2.19. The van der Waals surface area contributed by atoms with Gasteiger partial charge >= 0.3 is 0 Å². The van der Waals surface area contributed by atoms with Crippen LogP contribution in [0.4, 0.5) is 0 Å². The number of phenols is 1. The van der Waals surface area contributed by atoms with Gasteiger partial charge in [-0.1, -0.05) is 5.16 Å². The number of nitrogens with one attached hydrogen (secondary N) is 1. The van der Waals surface area contributed by atoms with Crippen LogP contribution < -0.4 is 5.32 Å². The Kier molecular flexibility index (Phi) is 3.79. The molecule has 1 amide bonds. The maximum Gasteiger partial charge on any atom is 0.252 e. The van der Waals surface area contributed by atoms with Crippen LogP contribution in [0.15, 0.2) is 22.7 Å². The van der Waals surface area contributed by atoms with Gasteiger partial charge in [-0.3, -0.25) is 4.79 Å². The molecule has 2 N–H and O–H groups in total. The number of carbonyl (C=O) groups excluding carboxylic acids is 1. The Morgan fingerprint density at radius 3 is 2.60 bits per heavy atom. The number of hydrogen-bond acceptors (Lipinski definition) is 4. The Morgan fingerprint density at radius 1 is 1.35 bits per heavy atom. The van der Waals surface area contributed by atoms with Crippen LogP contribution in [0.25, 0.3) is 0 Å². The molecule has 0 aliphatic carbocycles. The number of carbonyl (C=O) groups is 1. The minimum absolute atomic E-state index is 0.151. The number of rotatable bonds is 3. The molecule has 1 heterocycles. The van der Waals surface area contributed by atoms with Crippen LogP contribution in [0.1, 0.15) is 45.9 Å². The first-order valence-corrected chi connectivity index (χ1v) is 6.43. The number of hydrogen-bond donors (Lipinski definition) is 2. The average molecular weight is 274 g/mol. The van der Waals surface area contributed by atoms with Gasteiger partial charge in [-0.05, 0) is 51.5 Å². The maximum absolute atomic E-state index is 12.3. The summed E-state index contributed by atoms with van der Waals surface area (Å²) in [5.74, 6) is 0.672. The third-order valence-electron chi connectivity index (χ3n) is 3.32. The Bertz CT molecular complexity index is 627. The lowest BCUT2D eigenvalue weighted by molar-refractivity contribution is 0.0939. The van der Waals surface area contributed by atoms with E-state index in [1.807, 2.05) is 20.8 Å². The molecule has 0 saturated heterocycles. The van der Waals surface area contributed by atoms with E-state index in [0.717, 1.165) is 16.8 Å². The van der Waals surface area contributed by atoms with Gasteiger partial charge in [0.25, 0.3) is 5.91 Å². The second-order valence-corrected chi connectivity index (χ2v) is 4.93. The number of aromatic hydroxyl groups is 1. The molecule has 1 aromatic heterocycles.